The second-order valence-corrected chi connectivity index (χ2v) is 3.65. The van der Waals surface area contributed by atoms with Crippen molar-refractivity contribution in [3.63, 3.8) is 0 Å². The summed E-state index contributed by atoms with van der Waals surface area (Å²) >= 11 is 5.92. The van der Waals surface area contributed by atoms with Gasteiger partial charge in [-0.1, -0.05) is 31.5 Å². The van der Waals surface area contributed by atoms with Crippen molar-refractivity contribution >= 4 is 11.6 Å². The summed E-state index contributed by atoms with van der Waals surface area (Å²) in [6.45, 7) is 4.22. The maximum atomic E-state index is 5.98. The molecule has 13 heavy (non-hydrogen) atoms. The van der Waals surface area contributed by atoms with Crippen molar-refractivity contribution in [1.29, 1.82) is 0 Å². The number of benzene rings is 1. The van der Waals surface area contributed by atoms with Crippen molar-refractivity contribution in [3.05, 3.63) is 34.3 Å². The lowest BCUT2D eigenvalue weighted by Crippen LogP contribution is -2.11. The third-order valence-electron chi connectivity index (χ3n) is 2.33. The van der Waals surface area contributed by atoms with Crippen LogP contribution >= 0.6 is 11.6 Å². The average molecular weight is 198 g/mol. The van der Waals surface area contributed by atoms with Crippen molar-refractivity contribution in [2.24, 2.45) is 5.73 Å². The maximum Gasteiger partial charge on any atom is 0.0409 e. The van der Waals surface area contributed by atoms with Gasteiger partial charge in [0.2, 0.25) is 0 Å². The Kier molecular flexibility index (Phi) is 3.76. The molecular weight excluding hydrogens is 182 g/mol. The van der Waals surface area contributed by atoms with Crippen LogP contribution in [0, 0.1) is 0 Å². The Hall–Kier alpha value is -0.530. The first kappa shape index (κ1) is 10.6. The summed E-state index contributed by atoms with van der Waals surface area (Å²) in [5, 5.41) is 0.774. The number of nitrogens with two attached hydrogens (primary N) is 1. The van der Waals surface area contributed by atoms with Gasteiger partial charge in [0.15, 0.2) is 0 Å². The van der Waals surface area contributed by atoms with Gasteiger partial charge in [0, 0.05) is 11.1 Å². The number of aryl methyl sites for hydroxylation is 1. The molecular formula is C11H16ClN. The molecule has 0 amide bonds. The monoisotopic (exact) mass is 197 g/mol. The van der Waals surface area contributed by atoms with Crippen LogP contribution in [0.2, 0.25) is 5.02 Å². The van der Waals surface area contributed by atoms with Gasteiger partial charge in [-0.15, -0.1) is 0 Å². The molecule has 72 valence electrons. The summed E-state index contributed by atoms with van der Waals surface area (Å²) < 4.78 is 0. The zero-order chi connectivity index (χ0) is 9.84. The molecule has 0 aliphatic carbocycles. The summed E-state index contributed by atoms with van der Waals surface area (Å²) in [5.74, 6) is 0. The maximum absolute atomic E-state index is 5.98. The molecule has 0 radical (unpaired) electrons. The minimum Gasteiger partial charge on any atom is -0.324 e. The Balaban J connectivity index is 3.07. The number of hydrogen-bond acceptors (Lipinski definition) is 1. The summed E-state index contributed by atoms with van der Waals surface area (Å²) in [7, 11) is 0. The molecule has 0 aliphatic heterocycles. The van der Waals surface area contributed by atoms with Gasteiger partial charge in [-0.2, -0.15) is 0 Å². The molecule has 1 aromatic carbocycles. The molecule has 1 aromatic rings. The molecule has 0 fully saturated rings. The molecule has 0 aliphatic rings. The van der Waals surface area contributed by atoms with Gasteiger partial charge in [0.05, 0.1) is 0 Å². The molecule has 2 N–H and O–H groups in total. The van der Waals surface area contributed by atoms with E-state index in [-0.39, 0.29) is 6.04 Å². The van der Waals surface area contributed by atoms with Crippen molar-refractivity contribution in [1.82, 2.24) is 0 Å². The molecule has 1 nitrogen and oxygen atoms in total. The Morgan fingerprint density at radius 2 is 2.08 bits per heavy atom. The molecule has 0 unspecified atom stereocenters. The molecule has 0 bridgehead atoms. The number of rotatable bonds is 3. The normalized spacial score (nSPS) is 12.9. The first-order valence-corrected chi connectivity index (χ1v) is 5.10. The van der Waals surface area contributed by atoms with Crippen LogP contribution in [0.4, 0.5) is 0 Å². The van der Waals surface area contributed by atoms with E-state index in [1.807, 2.05) is 12.1 Å². The highest BCUT2D eigenvalue weighted by atomic mass is 35.5. The SMILES string of the molecule is CCc1ccc(Cl)cc1[C@@H](N)CC. The van der Waals surface area contributed by atoms with Gasteiger partial charge in [-0.3, -0.25) is 0 Å². The van der Waals surface area contributed by atoms with Gasteiger partial charge in [0.1, 0.15) is 0 Å². The summed E-state index contributed by atoms with van der Waals surface area (Å²) in [6, 6.07) is 6.09. The van der Waals surface area contributed by atoms with E-state index in [4.69, 9.17) is 17.3 Å². The molecule has 0 heterocycles. The number of hydrogen-bond donors (Lipinski definition) is 1. The predicted octanol–water partition coefficient (Wildman–Crippen LogP) is 3.31. The molecule has 0 spiro atoms. The van der Waals surface area contributed by atoms with E-state index in [9.17, 15) is 0 Å². The zero-order valence-corrected chi connectivity index (χ0v) is 8.93. The third-order valence-corrected chi connectivity index (χ3v) is 2.56. The summed E-state index contributed by atoms with van der Waals surface area (Å²) in [5.41, 5.74) is 8.48. The van der Waals surface area contributed by atoms with E-state index < -0.39 is 0 Å². The Morgan fingerprint density at radius 3 is 2.62 bits per heavy atom. The first-order valence-electron chi connectivity index (χ1n) is 4.73. The summed E-state index contributed by atoms with van der Waals surface area (Å²) in [4.78, 5) is 0. The average Bonchev–Trinajstić information content (AvgIpc) is 2.16. The molecule has 2 heteroatoms. The van der Waals surface area contributed by atoms with Gasteiger partial charge >= 0.3 is 0 Å². The Morgan fingerprint density at radius 1 is 1.38 bits per heavy atom. The fourth-order valence-electron chi connectivity index (χ4n) is 1.45. The highest BCUT2D eigenvalue weighted by Crippen LogP contribution is 2.23. The first-order chi connectivity index (χ1) is 6.19. The van der Waals surface area contributed by atoms with Crippen LogP contribution in [0.3, 0.4) is 0 Å². The smallest absolute Gasteiger partial charge is 0.0409 e. The van der Waals surface area contributed by atoms with Crippen LogP contribution in [0.25, 0.3) is 0 Å². The predicted molar refractivity (Wildman–Crippen MR) is 58.0 cm³/mol. The lowest BCUT2D eigenvalue weighted by Gasteiger charge is -2.14. The third kappa shape index (κ3) is 2.45. The van der Waals surface area contributed by atoms with E-state index in [0.717, 1.165) is 17.9 Å². The van der Waals surface area contributed by atoms with Gasteiger partial charge in [-0.25, -0.2) is 0 Å². The van der Waals surface area contributed by atoms with Crippen molar-refractivity contribution < 1.29 is 0 Å². The minimum atomic E-state index is 0.119. The van der Waals surface area contributed by atoms with E-state index in [0.29, 0.717) is 0 Å². The molecule has 0 aromatic heterocycles. The molecule has 0 saturated heterocycles. The van der Waals surface area contributed by atoms with Gasteiger partial charge in [-0.05, 0) is 36.1 Å². The Labute approximate surface area is 84.9 Å². The second-order valence-electron chi connectivity index (χ2n) is 3.21. The van der Waals surface area contributed by atoms with Gasteiger partial charge < -0.3 is 5.73 Å². The van der Waals surface area contributed by atoms with E-state index in [1.165, 1.54) is 11.1 Å². The van der Waals surface area contributed by atoms with Crippen LogP contribution < -0.4 is 5.73 Å². The molecule has 1 rings (SSSR count). The van der Waals surface area contributed by atoms with Crippen LogP contribution in [-0.2, 0) is 6.42 Å². The van der Waals surface area contributed by atoms with Crippen molar-refractivity contribution in [2.75, 3.05) is 0 Å². The van der Waals surface area contributed by atoms with Crippen LogP contribution in [0.1, 0.15) is 37.4 Å². The quantitative estimate of drug-likeness (QED) is 0.791. The van der Waals surface area contributed by atoms with Crippen LogP contribution in [-0.4, -0.2) is 0 Å². The minimum absolute atomic E-state index is 0.119. The lowest BCUT2D eigenvalue weighted by atomic mass is 9.98. The fraction of sp³-hybridized carbons (Fsp3) is 0.455. The van der Waals surface area contributed by atoms with E-state index in [1.54, 1.807) is 0 Å². The molecule has 1 atom stereocenters. The fourth-order valence-corrected chi connectivity index (χ4v) is 1.63. The largest absolute Gasteiger partial charge is 0.324 e. The zero-order valence-electron chi connectivity index (χ0n) is 8.18. The topological polar surface area (TPSA) is 26.0 Å². The molecule has 0 saturated carbocycles. The standard InChI is InChI=1S/C11H16ClN/c1-3-8-5-6-9(12)7-10(8)11(13)4-2/h5-7,11H,3-4,13H2,1-2H3/t11-/m0/s1. The highest BCUT2D eigenvalue weighted by molar-refractivity contribution is 6.30. The second kappa shape index (κ2) is 4.64. The van der Waals surface area contributed by atoms with Gasteiger partial charge in [0.25, 0.3) is 0 Å². The van der Waals surface area contributed by atoms with Crippen LogP contribution in [0.5, 0.6) is 0 Å². The van der Waals surface area contributed by atoms with E-state index in [2.05, 4.69) is 19.9 Å². The lowest BCUT2D eigenvalue weighted by molar-refractivity contribution is 0.690. The highest BCUT2D eigenvalue weighted by Gasteiger charge is 2.08. The Bertz CT molecular complexity index is 283. The van der Waals surface area contributed by atoms with Crippen molar-refractivity contribution in [2.45, 2.75) is 32.7 Å². The van der Waals surface area contributed by atoms with Crippen LogP contribution in [0.15, 0.2) is 18.2 Å². The van der Waals surface area contributed by atoms with Crippen molar-refractivity contribution in [3.8, 4) is 0 Å². The number of halogens is 1. The summed E-state index contributed by atoms with van der Waals surface area (Å²) in [6.07, 6.45) is 1.97. The van der Waals surface area contributed by atoms with E-state index >= 15 is 0 Å².